The average Bonchev–Trinajstić information content (AvgIpc) is 2.67. The molecule has 3 atom stereocenters. The van der Waals surface area contributed by atoms with Gasteiger partial charge in [0.25, 0.3) is 0 Å². The molecule has 0 aromatic heterocycles. The first-order valence-electron chi connectivity index (χ1n) is 7.39. The summed E-state index contributed by atoms with van der Waals surface area (Å²) in [5.74, 6) is 0. The fourth-order valence-corrected chi connectivity index (χ4v) is 4.24. The number of likely N-dealkylation sites (tertiary alicyclic amines) is 1. The van der Waals surface area contributed by atoms with Gasteiger partial charge >= 0.3 is 0 Å². The summed E-state index contributed by atoms with van der Waals surface area (Å²) in [5, 5.41) is 0. The van der Waals surface area contributed by atoms with E-state index in [0.717, 1.165) is 6.61 Å². The second-order valence-corrected chi connectivity index (χ2v) is 8.71. The molecule has 0 spiro atoms. The highest BCUT2D eigenvalue weighted by Gasteiger charge is 2.60. The molecule has 2 nitrogen and oxygen atoms in total. The van der Waals surface area contributed by atoms with Crippen LogP contribution in [0, 0.1) is 16.2 Å². The van der Waals surface area contributed by atoms with Crippen molar-refractivity contribution in [3.63, 3.8) is 0 Å². The highest BCUT2D eigenvalue weighted by Crippen LogP contribution is 2.56. The van der Waals surface area contributed by atoms with Gasteiger partial charge in [-0.2, -0.15) is 0 Å². The molecule has 0 bridgehead atoms. The Morgan fingerprint density at radius 3 is 2.28 bits per heavy atom. The predicted molar refractivity (Wildman–Crippen MR) is 76.7 cm³/mol. The van der Waals surface area contributed by atoms with Gasteiger partial charge in [0.2, 0.25) is 0 Å². The monoisotopic (exact) mass is 253 g/mol. The van der Waals surface area contributed by atoms with Crippen LogP contribution in [0.2, 0.25) is 0 Å². The molecule has 0 aromatic carbocycles. The maximum absolute atomic E-state index is 6.19. The van der Waals surface area contributed by atoms with E-state index in [-0.39, 0.29) is 5.41 Å². The number of fused-ring (bicyclic) bond motifs is 1. The van der Waals surface area contributed by atoms with E-state index in [4.69, 9.17) is 4.74 Å². The summed E-state index contributed by atoms with van der Waals surface area (Å²) in [6.07, 6.45) is 2.89. The topological polar surface area (TPSA) is 12.5 Å². The van der Waals surface area contributed by atoms with Crippen molar-refractivity contribution in [2.45, 2.75) is 66.5 Å². The van der Waals surface area contributed by atoms with E-state index < -0.39 is 0 Å². The van der Waals surface area contributed by atoms with Gasteiger partial charge in [-0.3, -0.25) is 0 Å². The lowest BCUT2D eigenvalue weighted by Crippen LogP contribution is -2.48. The molecule has 3 unspecified atom stereocenters. The van der Waals surface area contributed by atoms with E-state index >= 15 is 0 Å². The van der Waals surface area contributed by atoms with Gasteiger partial charge in [-0.15, -0.1) is 0 Å². The van der Waals surface area contributed by atoms with Crippen LogP contribution in [-0.2, 0) is 4.74 Å². The summed E-state index contributed by atoms with van der Waals surface area (Å²) in [5.41, 5.74) is 0.939. The van der Waals surface area contributed by atoms with Crippen molar-refractivity contribution in [3.8, 4) is 0 Å². The van der Waals surface area contributed by atoms with E-state index in [0.29, 0.717) is 23.0 Å². The number of ether oxygens (including phenoxy) is 1. The fourth-order valence-electron chi connectivity index (χ4n) is 4.24. The molecule has 2 rings (SSSR count). The molecule has 0 radical (unpaired) electrons. The SMILES string of the molecule is CN1CC(CC(C)(C)C)(C(C)(C)C)C2OCCC21. The molecule has 0 amide bonds. The molecular formula is C16H31NO. The third kappa shape index (κ3) is 2.22. The Morgan fingerprint density at radius 2 is 1.78 bits per heavy atom. The largest absolute Gasteiger partial charge is 0.376 e. The van der Waals surface area contributed by atoms with Gasteiger partial charge in [0.1, 0.15) is 0 Å². The number of hydrogen-bond donors (Lipinski definition) is 0. The first-order valence-corrected chi connectivity index (χ1v) is 7.39. The van der Waals surface area contributed by atoms with Gasteiger partial charge in [0, 0.05) is 24.6 Å². The van der Waals surface area contributed by atoms with Crippen molar-refractivity contribution in [1.82, 2.24) is 4.90 Å². The molecule has 0 aliphatic carbocycles. The molecule has 106 valence electrons. The summed E-state index contributed by atoms with van der Waals surface area (Å²) in [6.45, 7) is 16.4. The van der Waals surface area contributed by atoms with Crippen molar-refractivity contribution in [2.24, 2.45) is 16.2 Å². The van der Waals surface area contributed by atoms with Gasteiger partial charge in [0.05, 0.1) is 6.10 Å². The van der Waals surface area contributed by atoms with E-state index in [1.165, 1.54) is 19.4 Å². The van der Waals surface area contributed by atoms with Crippen LogP contribution in [0.1, 0.15) is 54.4 Å². The van der Waals surface area contributed by atoms with Crippen molar-refractivity contribution in [3.05, 3.63) is 0 Å². The van der Waals surface area contributed by atoms with Crippen LogP contribution in [0.3, 0.4) is 0 Å². The zero-order chi connectivity index (χ0) is 13.8. The van der Waals surface area contributed by atoms with Crippen LogP contribution in [-0.4, -0.2) is 37.2 Å². The minimum Gasteiger partial charge on any atom is -0.376 e. The minimum atomic E-state index is 0.290. The Labute approximate surface area is 113 Å². The fraction of sp³-hybridized carbons (Fsp3) is 1.00. The normalized spacial score (nSPS) is 38.2. The van der Waals surface area contributed by atoms with Crippen LogP contribution in [0.25, 0.3) is 0 Å². The molecule has 0 N–H and O–H groups in total. The summed E-state index contributed by atoms with van der Waals surface area (Å²) in [4.78, 5) is 2.55. The Morgan fingerprint density at radius 1 is 1.17 bits per heavy atom. The Kier molecular flexibility index (Phi) is 3.35. The molecule has 2 aliphatic rings. The molecular weight excluding hydrogens is 222 g/mol. The minimum absolute atomic E-state index is 0.290. The first-order chi connectivity index (χ1) is 8.07. The van der Waals surface area contributed by atoms with E-state index in [9.17, 15) is 0 Å². The maximum Gasteiger partial charge on any atom is 0.0804 e. The smallest absolute Gasteiger partial charge is 0.0804 e. The van der Waals surface area contributed by atoms with Gasteiger partial charge < -0.3 is 9.64 Å². The predicted octanol–water partition coefficient (Wildman–Crippen LogP) is 3.56. The third-order valence-electron chi connectivity index (χ3n) is 5.04. The number of rotatable bonds is 1. The van der Waals surface area contributed by atoms with E-state index in [2.05, 4.69) is 53.5 Å². The molecule has 0 aromatic rings. The Balaban J connectivity index is 2.37. The van der Waals surface area contributed by atoms with Gasteiger partial charge in [-0.1, -0.05) is 41.5 Å². The molecule has 18 heavy (non-hydrogen) atoms. The maximum atomic E-state index is 6.19. The zero-order valence-electron chi connectivity index (χ0n) is 13.3. The van der Waals surface area contributed by atoms with Crippen LogP contribution in [0.15, 0.2) is 0 Å². The number of nitrogens with zero attached hydrogens (tertiary/aromatic N) is 1. The quantitative estimate of drug-likeness (QED) is 0.708. The lowest BCUT2D eigenvalue weighted by atomic mass is 9.58. The van der Waals surface area contributed by atoms with Crippen LogP contribution in [0.5, 0.6) is 0 Å². The summed E-state index contributed by atoms with van der Waals surface area (Å²) in [7, 11) is 2.28. The number of hydrogen-bond acceptors (Lipinski definition) is 2. The van der Waals surface area contributed by atoms with Gasteiger partial charge in [-0.05, 0) is 30.7 Å². The molecule has 2 aliphatic heterocycles. The summed E-state index contributed by atoms with van der Waals surface area (Å²) >= 11 is 0. The van der Waals surface area contributed by atoms with Crippen LogP contribution < -0.4 is 0 Å². The Hall–Kier alpha value is -0.0800. The van der Waals surface area contributed by atoms with E-state index in [1.54, 1.807) is 0 Å². The lowest BCUT2D eigenvalue weighted by molar-refractivity contribution is -0.0674. The highest BCUT2D eigenvalue weighted by molar-refractivity contribution is 5.11. The molecule has 2 saturated heterocycles. The average molecular weight is 253 g/mol. The summed E-state index contributed by atoms with van der Waals surface area (Å²) < 4.78 is 6.19. The van der Waals surface area contributed by atoms with Gasteiger partial charge in [-0.25, -0.2) is 0 Å². The van der Waals surface area contributed by atoms with Crippen molar-refractivity contribution in [2.75, 3.05) is 20.2 Å². The first kappa shape index (κ1) is 14.3. The van der Waals surface area contributed by atoms with Crippen molar-refractivity contribution < 1.29 is 4.74 Å². The molecule has 0 saturated carbocycles. The summed E-state index contributed by atoms with van der Waals surface area (Å²) in [6, 6.07) is 0.645. The number of likely N-dealkylation sites (N-methyl/N-ethyl adjacent to an activating group) is 1. The van der Waals surface area contributed by atoms with E-state index in [1.807, 2.05) is 0 Å². The third-order valence-corrected chi connectivity index (χ3v) is 5.04. The van der Waals surface area contributed by atoms with Gasteiger partial charge in [0.15, 0.2) is 0 Å². The van der Waals surface area contributed by atoms with Crippen molar-refractivity contribution >= 4 is 0 Å². The second-order valence-electron chi connectivity index (χ2n) is 8.71. The zero-order valence-corrected chi connectivity index (χ0v) is 13.3. The Bertz CT molecular complexity index is 312. The molecule has 2 heterocycles. The van der Waals surface area contributed by atoms with Crippen molar-refractivity contribution in [1.29, 1.82) is 0 Å². The standard InChI is InChI=1S/C16H31NO/c1-14(2,3)10-16(15(4,5)6)11-17(7)12-8-9-18-13(12)16/h12-13H,8-11H2,1-7H3. The molecule has 2 heteroatoms. The lowest BCUT2D eigenvalue weighted by Gasteiger charge is -2.48. The van der Waals surface area contributed by atoms with Crippen LogP contribution in [0.4, 0.5) is 0 Å². The second kappa shape index (κ2) is 4.21. The highest BCUT2D eigenvalue weighted by atomic mass is 16.5. The van der Waals surface area contributed by atoms with Crippen LogP contribution >= 0.6 is 0 Å². The molecule has 2 fully saturated rings.